The molecular weight excluding hydrogens is 275 g/mol. The van der Waals surface area contributed by atoms with Gasteiger partial charge in [-0.3, -0.25) is 4.90 Å². The molecule has 0 radical (unpaired) electrons. The average molecular weight is 299 g/mol. The average Bonchev–Trinajstić information content (AvgIpc) is 2.69. The van der Waals surface area contributed by atoms with Crippen molar-refractivity contribution in [3.63, 3.8) is 0 Å². The molecule has 0 aliphatic carbocycles. The van der Waals surface area contributed by atoms with E-state index in [4.69, 9.17) is 17.3 Å². The smallest absolute Gasteiger partial charge is 0.142 e. The van der Waals surface area contributed by atoms with Crippen LogP contribution in [0.2, 0.25) is 5.02 Å². The molecule has 0 spiro atoms. The summed E-state index contributed by atoms with van der Waals surface area (Å²) >= 11 is 5.78. The fourth-order valence-corrected chi connectivity index (χ4v) is 3.35. The molecule has 112 valence electrons. The van der Waals surface area contributed by atoms with Crippen LogP contribution in [-0.4, -0.2) is 24.0 Å². The molecule has 2 rings (SSSR count). The standard InChI is InChI=1S/C16H24ClFN2/c1-2-13-6-4-3-5-9-20(13)16(11-19)12-7-8-14(17)15(18)10-12/h7-8,10,13,16H,2-6,9,11,19H2,1H3. The highest BCUT2D eigenvalue weighted by Gasteiger charge is 2.27. The van der Waals surface area contributed by atoms with Crippen LogP contribution >= 0.6 is 11.6 Å². The second-order valence-electron chi connectivity index (χ2n) is 5.57. The maximum absolute atomic E-state index is 13.7. The summed E-state index contributed by atoms with van der Waals surface area (Å²) in [7, 11) is 0. The number of halogens is 2. The molecule has 0 amide bonds. The van der Waals surface area contributed by atoms with Crippen LogP contribution in [0.4, 0.5) is 4.39 Å². The fourth-order valence-electron chi connectivity index (χ4n) is 3.23. The zero-order chi connectivity index (χ0) is 14.5. The minimum atomic E-state index is -0.356. The highest BCUT2D eigenvalue weighted by molar-refractivity contribution is 6.30. The van der Waals surface area contributed by atoms with Crippen LogP contribution in [0.5, 0.6) is 0 Å². The molecule has 1 aliphatic heterocycles. The quantitative estimate of drug-likeness (QED) is 0.905. The van der Waals surface area contributed by atoms with Crippen molar-refractivity contribution in [3.05, 3.63) is 34.6 Å². The van der Waals surface area contributed by atoms with E-state index in [1.807, 2.05) is 6.07 Å². The van der Waals surface area contributed by atoms with E-state index in [0.717, 1.165) is 18.5 Å². The van der Waals surface area contributed by atoms with Crippen molar-refractivity contribution in [2.45, 2.75) is 51.1 Å². The Morgan fingerprint density at radius 2 is 2.20 bits per heavy atom. The van der Waals surface area contributed by atoms with E-state index < -0.39 is 0 Å². The third-order valence-corrected chi connectivity index (χ3v) is 4.65. The van der Waals surface area contributed by atoms with Crippen molar-refractivity contribution >= 4 is 11.6 Å². The lowest BCUT2D eigenvalue weighted by Crippen LogP contribution is -2.41. The summed E-state index contributed by atoms with van der Waals surface area (Å²) in [5, 5.41) is 0.174. The maximum atomic E-state index is 13.7. The SMILES string of the molecule is CCC1CCCCCN1C(CN)c1ccc(Cl)c(F)c1. The van der Waals surface area contributed by atoms with E-state index in [-0.39, 0.29) is 16.9 Å². The Morgan fingerprint density at radius 1 is 1.40 bits per heavy atom. The van der Waals surface area contributed by atoms with E-state index in [1.165, 1.54) is 31.7 Å². The van der Waals surface area contributed by atoms with Crippen LogP contribution in [0.25, 0.3) is 0 Å². The first kappa shape index (κ1) is 15.7. The molecule has 2 N–H and O–H groups in total. The van der Waals surface area contributed by atoms with E-state index in [2.05, 4.69) is 11.8 Å². The van der Waals surface area contributed by atoms with Gasteiger partial charge in [-0.15, -0.1) is 0 Å². The Balaban J connectivity index is 2.26. The minimum absolute atomic E-state index is 0.0878. The molecule has 1 aliphatic rings. The summed E-state index contributed by atoms with van der Waals surface area (Å²) in [5.41, 5.74) is 6.93. The number of nitrogens with two attached hydrogens (primary N) is 1. The van der Waals surface area contributed by atoms with Crippen molar-refractivity contribution < 1.29 is 4.39 Å². The first-order valence-corrected chi connectivity index (χ1v) is 7.96. The van der Waals surface area contributed by atoms with Gasteiger partial charge in [-0.05, 0) is 43.5 Å². The largest absolute Gasteiger partial charge is 0.329 e. The maximum Gasteiger partial charge on any atom is 0.142 e. The molecule has 1 aromatic carbocycles. The van der Waals surface area contributed by atoms with Gasteiger partial charge >= 0.3 is 0 Å². The summed E-state index contributed by atoms with van der Waals surface area (Å²) in [4.78, 5) is 2.47. The van der Waals surface area contributed by atoms with Crippen LogP contribution in [0.15, 0.2) is 18.2 Å². The van der Waals surface area contributed by atoms with E-state index in [9.17, 15) is 4.39 Å². The zero-order valence-electron chi connectivity index (χ0n) is 12.1. The van der Waals surface area contributed by atoms with Gasteiger partial charge in [0.1, 0.15) is 5.82 Å². The van der Waals surface area contributed by atoms with Gasteiger partial charge < -0.3 is 5.73 Å². The van der Waals surface area contributed by atoms with Gasteiger partial charge in [0.25, 0.3) is 0 Å². The lowest BCUT2D eigenvalue weighted by Gasteiger charge is -2.36. The summed E-state index contributed by atoms with van der Waals surface area (Å²) < 4.78 is 13.7. The molecule has 2 nitrogen and oxygen atoms in total. The fraction of sp³-hybridized carbons (Fsp3) is 0.625. The Kier molecular flexibility index (Phi) is 5.82. The number of benzene rings is 1. The van der Waals surface area contributed by atoms with Gasteiger partial charge in [0.2, 0.25) is 0 Å². The van der Waals surface area contributed by atoms with E-state index in [0.29, 0.717) is 12.6 Å². The Labute approximate surface area is 126 Å². The van der Waals surface area contributed by atoms with Gasteiger partial charge in [-0.1, -0.05) is 37.4 Å². The van der Waals surface area contributed by atoms with E-state index in [1.54, 1.807) is 6.07 Å². The molecule has 2 atom stereocenters. The van der Waals surface area contributed by atoms with Gasteiger partial charge in [-0.25, -0.2) is 4.39 Å². The molecule has 1 aromatic rings. The minimum Gasteiger partial charge on any atom is -0.329 e. The second kappa shape index (κ2) is 7.39. The number of nitrogens with zero attached hydrogens (tertiary/aromatic N) is 1. The normalized spacial score (nSPS) is 22.5. The highest BCUT2D eigenvalue weighted by Crippen LogP contribution is 2.30. The molecule has 4 heteroatoms. The lowest BCUT2D eigenvalue weighted by atomic mass is 10.0. The monoisotopic (exact) mass is 298 g/mol. The zero-order valence-corrected chi connectivity index (χ0v) is 12.9. The Bertz CT molecular complexity index is 438. The lowest BCUT2D eigenvalue weighted by molar-refractivity contribution is 0.135. The van der Waals surface area contributed by atoms with E-state index >= 15 is 0 Å². The number of rotatable bonds is 4. The molecule has 1 heterocycles. The Hall–Kier alpha value is -0.640. The summed E-state index contributed by atoms with van der Waals surface area (Å²) in [5.74, 6) is -0.356. The molecule has 0 bridgehead atoms. The molecule has 1 fully saturated rings. The van der Waals surface area contributed by atoms with Crippen molar-refractivity contribution in [3.8, 4) is 0 Å². The Morgan fingerprint density at radius 3 is 2.85 bits per heavy atom. The number of hydrogen-bond acceptors (Lipinski definition) is 2. The van der Waals surface area contributed by atoms with Gasteiger partial charge in [0, 0.05) is 18.6 Å². The van der Waals surface area contributed by atoms with Crippen LogP contribution in [-0.2, 0) is 0 Å². The number of likely N-dealkylation sites (tertiary alicyclic amines) is 1. The van der Waals surface area contributed by atoms with Gasteiger partial charge in [0.05, 0.1) is 5.02 Å². The van der Waals surface area contributed by atoms with Crippen LogP contribution in [0, 0.1) is 5.82 Å². The van der Waals surface area contributed by atoms with Gasteiger partial charge in [0.15, 0.2) is 0 Å². The predicted octanol–water partition coefficient (Wildman–Crippen LogP) is 4.13. The summed E-state index contributed by atoms with van der Waals surface area (Å²) in [6.07, 6.45) is 6.08. The predicted molar refractivity (Wildman–Crippen MR) is 82.5 cm³/mol. The summed E-state index contributed by atoms with van der Waals surface area (Å²) in [6.45, 7) is 3.78. The molecule has 1 saturated heterocycles. The number of hydrogen-bond donors (Lipinski definition) is 1. The van der Waals surface area contributed by atoms with Crippen LogP contribution in [0.3, 0.4) is 0 Å². The molecule has 20 heavy (non-hydrogen) atoms. The molecule has 0 aromatic heterocycles. The molecule has 2 unspecified atom stereocenters. The topological polar surface area (TPSA) is 29.3 Å². The van der Waals surface area contributed by atoms with Crippen molar-refractivity contribution in [1.82, 2.24) is 4.90 Å². The van der Waals surface area contributed by atoms with Crippen molar-refractivity contribution in [2.75, 3.05) is 13.1 Å². The highest BCUT2D eigenvalue weighted by atomic mass is 35.5. The second-order valence-corrected chi connectivity index (χ2v) is 5.98. The van der Waals surface area contributed by atoms with Crippen LogP contribution < -0.4 is 5.73 Å². The summed E-state index contributed by atoms with van der Waals surface area (Å²) in [6, 6.07) is 5.71. The third-order valence-electron chi connectivity index (χ3n) is 4.35. The molecule has 0 saturated carbocycles. The third kappa shape index (κ3) is 3.51. The van der Waals surface area contributed by atoms with Crippen molar-refractivity contribution in [2.24, 2.45) is 5.73 Å². The van der Waals surface area contributed by atoms with Crippen molar-refractivity contribution in [1.29, 1.82) is 0 Å². The molecular formula is C16H24ClFN2. The van der Waals surface area contributed by atoms with Gasteiger partial charge in [-0.2, -0.15) is 0 Å². The van der Waals surface area contributed by atoms with Crippen LogP contribution in [0.1, 0.15) is 50.6 Å². The first-order chi connectivity index (χ1) is 9.67. The first-order valence-electron chi connectivity index (χ1n) is 7.58.